The van der Waals surface area contributed by atoms with Gasteiger partial charge in [-0.1, -0.05) is 0 Å². The molecule has 1 heterocycles. The van der Waals surface area contributed by atoms with Crippen LogP contribution in [-0.2, 0) is 16.1 Å². The van der Waals surface area contributed by atoms with Gasteiger partial charge in [-0.05, 0) is 6.42 Å². The molecule has 1 rings (SSSR count). The monoisotopic (exact) mass is 271 g/mol. The second-order valence-electron chi connectivity index (χ2n) is 3.94. The van der Waals surface area contributed by atoms with Gasteiger partial charge < -0.3 is 25.3 Å². The Hall–Kier alpha value is -1.48. The van der Waals surface area contributed by atoms with Crippen LogP contribution in [0.2, 0.25) is 0 Å². The van der Waals surface area contributed by atoms with Gasteiger partial charge in [0.05, 0.1) is 12.6 Å². The third kappa shape index (κ3) is 5.35. The summed E-state index contributed by atoms with van der Waals surface area (Å²) >= 11 is 0. The third-order valence-electron chi connectivity index (χ3n) is 2.39. The fourth-order valence-electron chi connectivity index (χ4n) is 1.60. The molecule has 0 aliphatic heterocycles. The summed E-state index contributed by atoms with van der Waals surface area (Å²) in [4.78, 5) is 8.44. The van der Waals surface area contributed by atoms with E-state index in [2.05, 4.69) is 20.7 Å². The van der Waals surface area contributed by atoms with Crippen LogP contribution < -0.4 is 16.6 Å². The Bertz CT molecular complexity index is 371. The Kier molecular flexibility index (Phi) is 7.04. The summed E-state index contributed by atoms with van der Waals surface area (Å²) < 4.78 is 10.1. The average molecular weight is 271 g/mol. The number of rotatable bonds is 9. The number of nitrogens with zero attached hydrogens (tertiary/aromatic N) is 2. The number of methoxy groups -OCH3 is 2. The fourth-order valence-corrected chi connectivity index (χ4v) is 1.60. The summed E-state index contributed by atoms with van der Waals surface area (Å²) in [6, 6.07) is 1.64. The Balaban J connectivity index is 2.81. The molecule has 0 radical (unpaired) electrons. The number of aliphatic hydroxyl groups excluding tert-OH is 1. The smallest absolute Gasteiger partial charge is 0.158 e. The largest absolute Gasteiger partial charge is 0.396 e. The van der Waals surface area contributed by atoms with E-state index in [4.69, 9.17) is 20.4 Å². The van der Waals surface area contributed by atoms with E-state index in [1.807, 2.05) is 0 Å². The molecule has 0 aliphatic carbocycles. The quantitative estimate of drug-likeness (QED) is 0.358. The second kappa shape index (κ2) is 8.59. The molecule has 0 saturated heterocycles. The summed E-state index contributed by atoms with van der Waals surface area (Å²) in [5.74, 6) is 6.97. The molecule has 0 fully saturated rings. The molecule has 8 heteroatoms. The SMILES string of the molecule is COCc1nc(NN)cc(NC(CCO)COC)n1. The number of ether oxygens (including phenoxy) is 2. The number of nitrogen functional groups attached to an aromatic ring is 1. The van der Waals surface area contributed by atoms with Gasteiger partial charge >= 0.3 is 0 Å². The molecule has 1 unspecified atom stereocenters. The lowest BCUT2D eigenvalue weighted by Gasteiger charge is -2.18. The van der Waals surface area contributed by atoms with Crippen molar-refractivity contribution in [3.63, 3.8) is 0 Å². The number of hydrogen-bond acceptors (Lipinski definition) is 8. The third-order valence-corrected chi connectivity index (χ3v) is 2.39. The van der Waals surface area contributed by atoms with E-state index in [-0.39, 0.29) is 12.6 Å². The molecule has 1 atom stereocenters. The van der Waals surface area contributed by atoms with Gasteiger partial charge in [0.2, 0.25) is 0 Å². The number of hydrazine groups is 1. The lowest BCUT2D eigenvalue weighted by molar-refractivity contribution is 0.169. The van der Waals surface area contributed by atoms with Gasteiger partial charge in [-0.2, -0.15) is 0 Å². The maximum atomic E-state index is 9.00. The van der Waals surface area contributed by atoms with Crippen molar-refractivity contribution >= 4 is 11.6 Å². The van der Waals surface area contributed by atoms with E-state index in [9.17, 15) is 0 Å². The molecular formula is C11H21N5O3. The van der Waals surface area contributed by atoms with E-state index in [1.165, 1.54) is 0 Å². The predicted octanol–water partition coefficient (Wildman–Crippen LogP) is -0.282. The van der Waals surface area contributed by atoms with Crippen molar-refractivity contribution in [2.45, 2.75) is 19.1 Å². The van der Waals surface area contributed by atoms with Gasteiger partial charge in [0, 0.05) is 26.9 Å². The van der Waals surface area contributed by atoms with Crippen LogP contribution in [0.25, 0.3) is 0 Å². The first-order valence-corrected chi connectivity index (χ1v) is 5.93. The normalized spacial score (nSPS) is 12.2. The van der Waals surface area contributed by atoms with Gasteiger partial charge in [0.15, 0.2) is 5.82 Å². The van der Waals surface area contributed by atoms with Crippen molar-refractivity contribution < 1.29 is 14.6 Å². The molecular weight excluding hydrogens is 250 g/mol. The van der Waals surface area contributed by atoms with Gasteiger partial charge in [-0.25, -0.2) is 15.8 Å². The zero-order valence-electron chi connectivity index (χ0n) is 11.2. The van der Waals surface area contributed by atoms with Gasteiger partial charge in [-0.15, -0.1) is 0 Å². The average Bonchev–Trinajstić information content (AvgIpc) is 2.39. The zero-order chi connectivity index (χ0) is 14.1. The highest BCUT2D eigenvalue weighted by atomic mass is 16.5. The van der Waals surface area contributed by atoms with E-state index in [1.54, 1.807) is 20.3 Å². The molecule has 0 saturated carbocycles. The van der Waals surface area contributed by atoms with Crippen molar-refractivity contribution in [2.75, 3.05) is 38.2 Å². The molecule has 8 nitrogen and oxygen atoms in total. The van der Waals surface area contributed by atoms with Crippen molar-refractivity contribution in [3.05, 3.63) is 11.9 Å². The van der Waals surface area contributed by atoms with Crippen LogP contribution in [0.15, 0.2) is 6.07 Å². The van der Waals surface area contributed by atoms with E-state index < -0.39 is 0 Å². The summed E-state index contributed by atoms with van der Waals surface area (Å²) in [5.41, 5.74) is 2.48. The first-order valence-electron chi connectivity index (χ1n) is 5.93. The van der Waals surface area contributed by atoms with E-state index >= 15 is 0 Å². The summed E-state index contributed by atoms with van der Waals surface area (Å²) in [6.07, 6.45) is 0.558. The number of aromatic nitrogens is 2. The molecule has 1 aromatic rings. The van der Waals surface area contributed by atoms with E-state index in [0.717, 1.165) is 0 Å². The second-order valence-corrected chi connectivity index (χ2v) is 3.94. The van der Waals surface area contributed by atoms with Crippen molar-refractivity contribution in [3.8, 4) is 0 Å². The topological polar surface area (TPSA) is 115 Å². The van der Waals surface area contributed by atoms with Gasteiger partial charge in [0.25, 0.3) is 0 Å². The Morgan fingerprint density at radius 1 is 1.32 bits per heavy atom. The highest BCUT2D eigenvalue weighted by molar-refractivity contribution is 5.47. The first-order chi connectivity index (χ1) is 9.23. The van der Waals surface area contributed by atoms with Crippen LogP contribution in [0, 0.1) is 0 Å². The lowest BCUT2D eigenvalue weighted by Crippen LogP contribution is -2.27. The minimum Gasteiger partial charge on any atom is -0.396 e. The molecule has 108 valence electrons. The van der Waals surface area contributed by atoms with Crippen LogP contribution in [0.3, 0.4) is 0 Å². The Morgan fingerprint density at radius 3 is 2.63 bits per heavy atom. The molecule has 5 N–H and O–H groups in total. The molecule has 1 aromatic heterocycles. The fraction of sp³-hybridized carbons (Fsp3) is 0.636. The molecule has 19 heavy (non-hydrogen) atoms. The van der Waals surface area contributed by atoms with Crippen molar-refractivity contribution in [1.82, 2.24) is 9.97 Å². The van der Waals surface area contributed by atoms with Crippen LogP contribution in [-0.4, -0.2) is 48.5 Å². The number of nitrogens with two attached hydrogens (primary N) is 1. The maximum absolute atomic E-state index is 9.00. The predicted molar refractivity (Wildman–Crippen MR) is 71.5 cm³/mol. The minimum atomic E-state index is -0.0362. The maximum Gasteiger partial charge on any atom is 0.158 e. The Labute approximate surface area is 112 Å². The number of anilines is 2. The molecule has 0 bridgehead atoms. The summed E-state index contributed by atoms with van der Waals surface area (Å²) in [6.45, 7) is 0.827. The standard InChI is InChI=1S/C11H21N5O3/c1-18-6-8(3-4-17)13-9-5-10(16-12)15-11(14-9)7-19-2/h5,8,17H,3-4,6-7,12H2,1-2H3,(H2,13,14,15,16). The van der Waals surface area contributed by atoms with Crippen LogP contribution in [0.5, 0.6) is 0 Å². The lowest BCUT2D eigenvalue weighted by atomic mass is 10.2. The van der Waals surface area contributed by atoms with Crippen LogP contribution in [0.4, 0.5) is 11.6 Å². The van der Waals surface area contributed by atoms with Crippen molar-refractivity contribution in [1.29, 1.82) is 0 Å². The minimum absolute atomic E-state index is 0.0362. The van der Waals surface area contributed by atoms with Crippen LogP contribution in [0.1, 0.15) is 12.2 Å². The highest BCUT2D eigenvalue weighted by Gasteiger charge is 2.10. The Morgan fingerprint density at radius 2 is 2.05 bits per heavy atom. The number of hydrogen-bond donors (Lipinski definition) is 4. The van der Waals surface area contributed by atoms with Crippen LogP contribution >= 0.6 is 0 Å². The van der Waals surface area contributed by atoms with Gasteiger partial charge in [-0.3, -0.25) is 0 Å². The first kappa shape index (κ1) is 15.6. The summed E-state index contributed by atoms with van der Waals surface area (Å²) in [7, 11) is 3.17. The highest BCUT2D eigenvalue weighted by Crippen LogP contribution is 2.13. The molecule has 0 amide bonds. The molecule has 0 aromatic carbocycles. The number of aliphatic hydroxyl groups is 1. The van der Waals surface area contributed by atoms with E-state index in [0.29, 0.717) is 37.1 Å². The zero-order valence-corrected chi connectivity index (χ0v) is 11.2. The summed E-state index contributed by atoms with van der Waals surface area (Å²) in [5, 5.41) is 12.2. The number of nitrogens with one attached hydrogen (secondary N) is 2. The molecule has 0 spiro atoms. The molecule has 0 aliphatic rings. The van der Waals surface area contributed by atoms with Gasteiger partial charge in [0.1, 0.15) is 18.2 Å². The van der Waals surface area contributed by atoms with Crippen molar-refractivity contribution in [2.24, 2.45) is 5.84 Å².